The zero-order chi connectivity index (χ0) is 24.0. The largest absolute Gasteiger partial charge is 0.471 e. The Labute approximate surface area is 200 Å². The van der Waals surface area contributed by atoms with E-state index in [4.69, 9.17) is 39.6 Å². The molecule has 0 saturated carbocycles. The Morgan fingerprint density at radius 2 is 1.82 bits per heavy atom. The molecule has 3 rings (SSSR count). The summed E-state index contributed by atoms with van der Waals surface area (Å²) in [6, 6.07) is 8.81. The first kappa shape index (κ1) is 24.8. The first-order valence-electron chi connectivity index (χ1n) is 9.22. The van der Waals surface area contributed by atoms with Crippen LogP contribution in [0.5, 0.6) is 0 Å². The molecule has 0 radical (unpaired) electrons. The van der Waals surface area contributed by atoms with Crippen LogP contribution in [-0.2, 0) is 17.6 Å². The lowest BCUT2D eigenvalue weighted by molar-refractivity contribution is -0.159. The maximum atomic E-state index is 12.5. The van der Waals surface area contributed by atoms with Crippen molar-refractivity contribution in [3.63, 3.8) is 0 Å². The molecule has 3 aromatic rings. The minimum atomic E-state index is -4.73. The van der Waals surface area contributed by atoms with E-state index < -0.39 is 12.1 Å². The Kier molecular flexibility index (Phi) is 8.17. The van der Waals surface area contributed by atoms with Crippen LogP contribution in [0, 0.1) is 0 Å². The van der Waals surface area contributed by atoms with Crippen molar-refractivity contribution in [3.05, 3.63) is 68.5 Å². The van der Waals surface area contributed by atoms with Crippen LogP contribution in [0.2, 0.25) is 15.1 Å². The minimum Gasteiger partial charge on any atom is -0.391 e. The lowest BCUT2D eigenvalue weighted by Crippen LogP contribution is -2.24. The quantitative estimate of drug-likeness (QED) is 0.169. The molecular formula is C20H14Cl3F3N4O3. The van der Waals surface area contributed by atoms with Gasteiger partial charge in [-0.15, -0.1) is 0 Å². The standard InChI is InChI=1S/C20H14Cl3F3N4O3/c21-14-9-16(23)15(22)8-13(14)10-32-28-7-1-6-27-18(31)12-4-2-11(3-5-12)17-29-19(33-30-17)20(24,25)26/h2-5,7-9H,1,6,10H2,(H,27,31)/b28-7-. The number of aromatic nitrogens is 2. The third kappa shape index (κ3) is 6.83. The fourth-order valence-corrected chi connectivity index (χ4v) is 3.09. The predicted octanol–water partition coefficient (Wildman–Crippen LogP) is 6.04. The van der Waals surface area contributed by atoms with Gasteiger partial charge in [0.1, 0.15) is 6.61 Å². The molecule has 1 amide bonds. The van der Waals surface area contributed by atoms with E-state index in [0.29, 0.717) is 32.6 Å². The number of nitrogens with zero attached hydrogens (tertiary/aromatic N) is 3. The molecule has 2 aromatic carbocycles. The molecule has 0 atom stereocenters. The number of halogens is 6. The predicted molar refractivity (Wildman–Crippen MR) is 116 cm³/mol. The van der Waals surface area contributed by atoms with E-state index >= 15 is 0 Å². The zero-order valence-electron chi connectivity index (χ0n) is 16.5. The smallest absolute Gasteiger partial charge is 0.391 e. The van der Waals surface area contributed by atoms with Gasteiger partial charge in [0.2, 0.25) is 5.82 Å². The van der Waals surface area contributed by atoms with Crippen LogP contribution >= 0.6 is 34.8 Å². The number of nitrogens with one attached hydrogen (secondary N) is 1. The third-order valence-electron chi connectivity index (χ3n) is 4.09. The van der Waals surface area contributed by atoms with Gasteiger partial charge in [-0.2, -0.15) is 18.2 Å². The van der Waals surface area contributed by atoms with E-state index in [9.17, 15) is 18.0 Å². The summed E-state index contributed by atoms with van der Waals surface area (Å²) in [7, 11) is 0. The topological polar surface area (TPSA) is 89.6 Å². The number of amides is 1. The Morgan fingerprint density at radius 1 is 1.12 bits per heavy atom. The van der Waals surface area contributed by atoms with E-state index in [0.717, 1.165) is 0 Å². The summed E-state index contributed by atoms with van der Waals surface area (Å²) < 4.78 is 41.8. The summed E-state index contributed by atoms with van der Waals surface area (Å²) in [6.07, 6.45) is -2.86. The summed E-state index contributed by atoms with van der Waals surface area (Å²) in [6.45, 7) is 0.372. The number of carbonyl (C=O) groups excluding carboxylic acids is 1. The molecule has 0 aliphatic rings. The molecule has 7 nitrogen and oxygen atoms in total. The summed E-state index contributed by atoms with van der Waals surface area (Å²) in [4.78, 5) is 20.6. The molecule has 0 saturated heterocycles. The van der Waals surface area contributed by atoms with E-state index in [1.807, 2.05) is 0 Å². The Balaban J connectivity index is 1.43. The number of hydrogen-bond acceptors (Lipinski definition) is 6. The molecule has 0 fully saturated rings. The van der Waals surface area contributed by atoms with E-state index in [1.54, 1.807) is 6.07 Å². The second-order valence-electron chi connectivity index (χ2n) is 6.46. The number of benzene rings is 2. The highest BCUT2D eigenvalue weighted by molar-refractivity contribution is 6.43. The zero-order valence-corrected chi connectivity index (χ0v) is 18.8. The van der Waals surface area contributed by atoms with E-state index in [2.05, 4.69) is 25.1 Å². The molecule has 174 valence electrons. The van der Waals surface area contributed by atoms with Crippen LogP contribution in [0.15, 0.2) is 46.1 Å². The third-order valence-corrected chi connectivity index (χ3v) is 5.17. The average molecular weight is 522 g/mol. The molecule has 0 spiro atoms. The monoisotopic (exact) mass is 520 g/mol. The van der Waals surface area contributed by atoms with Crippen molar-refractivity contribution in [2.24, 2.45) is 5.16 Å². The van der Waals surface area contributed by atoms with E-state index in [1.165, 1.54) is 36.5 Å². The number of hydrogen-bond donors (Lipinski definition) is 1. The molecule has 33 heavy (non-hydrogen) atoms. The van der Waals surface area contributed by atoms with Crippen molar-refractivity contribution < 1.29 is 27.3 Å². The van der Waals surface area contributed by atoms with Gasteiger partial charge in [-0.25, -0.2) is 0 Å². The fourth-order valence-electron chi connectivity index (χ4n) is 2.47. The van der Waals surface area contributed by atoms with Crippen molar-refractivity contribution in [1.29, 1.82) is 0 Å². The second kappa shape index (κ2) is 10.9. The number of oxime groups is 1. The molecule has 1 heterocycles. The molecule has 0 aliphatic carbocycles. The summed E-state index contributed by atoms with van der Waals surface area (Å²) in [5.74, 6) is -2.04. The molecular weight excluding hydrogens is 508 g/mol. The van der Waals surface area contributed by atoms with Crippen LogP contribution in [0.1, 0.15) is 28.2 Å². The fraction of sp³-hybridized carbons (Fsp3) is 0.200. The van der Waals surface area contributed by atoms with Crippen LogP contribution in [-0.4, -0.2) is 28.8 Å². The van der Waals surface area contributed by atoms with Crippen LogP contribution in [0.4, 0.5) is 13.2 Å². The van der Waals surface area contributed by atoms with Crippen molar-refractivity contribution in [2.75, 3.05) is 6.54 Å². The Hall–Kier alpha value is -2.82. The molecule has 0 unspecified atom stereocenters. The molecule has 13 heteroatoms. The van der Waals surface area contributed by atoms with Crippen molar-refractivity contribution in [1.82, 2.24) is 15.5 Å². The average Bonchev–Trinajstić information content (AvgIpc) is 3.27. The van der Waals surface area contributed by atoms with E-state index in [-0.39, 0.29) is 30.4 Å². The first-order chi connectivity index (χ1) is 15.6. The highest BCUT2D eigenvalue weighted by atomic mass is 35.5. The molecule has 0 bridgehead atoms. The number of rotatable bonds is 8. The molecule has 0 aliphatic heterocycles. The van der Waals surface area contributed by atoms with Gasteiger partial charge in [0.15, 0.2) is 0 Å². The van der Waals surface area contributed by atoms with Crippen molar-refractivity contribution in [2.45, 2.75) is 19.2 Å². The van der Waals surface area contributed by atoms with Crippen LogP contribution < -0.4 is 5.32 Å². The van der Waals surface area contributed by atoms with Crippen molar-refractivity contribution >= 4 is 46.9 Å². The minimum absolute atomic E-state index is 0.0930. The maximum absolute atomic E-state index is 12.5. The van der Waals surface area contributed by atoms with Crippen molar-refractivity contribution in [3.8, 4) is 11.4 Å². The van der Waals surface area contributed by atoms with Gasteiger partial charge >= 0.3 is 12.1 Å². The van der Waals surface area contributed by atoms with Gasteiger partial charge in [-0.05, 0) is 24.3 Å². The van der Waals surface area contributed by atoms with Gasteiger partial charge < -0.3 is 14.7 Å². The first-order valence-corrected chi connectivity index (χ1v) is 10.4. The summed E-state index contributed by atoms with van der Waals surface area (Å²) >= 11 is 17.8. The maximum Gasteiger partial charge on any atom is 0.471 e. The summed E-state index contributed by atoms with van der Waals surface area (Å²) in [5.41, 5.74) is 1.20. The normalized spacial score (nSPS) is 11.7. The lowest BCUT2D eigenvalue weighted by atomic mass is 10.1. The Morgan fingerprint density at radius 3 is 2.48 bits per heavy atom. The summed E-state index contributed by atoms with van der Waals surface area (Å²) in [5, 5.41) is 10.8. The van der Waals surface area contributed by atoms with Crippen LogP contribution in [0.3, 0.4) is 0 Å². The SMILES string of the molecule is O=C(NCC/C=N\OCc1cc(Cl)c(Cl)cc1Cl)c1ccc(-c2noc(C(F)(F)F)n2)cc1. The second-order valence-corrected chi connectivity index (χ2v) is 7.68. The number of carbonyl (C=O) groups is 1. The van der Waals surface area contributed by atoms with Gasteiger partial charge in [-0.3, -0.25) is 4.79 Å². The van der Waals surface area contributed by atoms with Gasteiger partial charge in [0.05, 0.1) is 10.0 Å². The molecule has 1 aromatic heterocycles. The van der Waals surface area contributed by atoms with Gasteiger partial charge in [0.25, 0.3) is 5.91 Å². The Bertz CT molecular complexity index is 1150. The van der Waals surface area contributed by atoms with Crippen LogP contribution in [0.25, 0.3) is 11.4 Å². The molecule has 1 N–H and O–H groups in total. The van der Waals surface area contributed by atoms with Gasteiger partial charge in [0, 0.05) is 40.9 Å². The number of alkyl halides is 3. The highest BCUT2D eigenvalue weighted by Crippen LogP contribution is 2.30. The lowest BCUT2D eigenvalue weighted by Gasteiger charge is -2.05. The highest BCUT2D eigenvalue weighted by Gasteiger charge is 2.38. The van der Waals surface area contributed by atoms with Gasteiger partial charge in [-0.1, -0.05) is 57.2 Å².